The summed E-state index contributed by atoms with van der Waals surface area (Å²) >= 11 is 0. The predicted molar refractivity (Wildman–Crippen MR) is 63.2 cm³/mol. The molecule has 0 bridgehead atoms. The number of halogens is 3. The molecule has 106 valence electrons. The third-order valence-electron chi connectivity index (χ3n) is 2.94. The summed E-state index contributed by atoms with van der Waals surface area (Å²) in [6.45, 7) is 3.35. The van der Waals surface area contributed by atoms with Gasteiger partial charge in [-0.2, -0.15) is 0 Å². The minimum atomic E-state index is -4.78. The topological polar surface area (TPSA) is 35.5 Å². The summed E-state index contributed by atoms with van der Waals surface area (Å²) in [6, 6.07) is 4.96. The van der Waals surface area contributed by atoms with Gasteiger partial charge in [-0.3, -0.25) is 4.79 Å². The first kappa shape index (κ1) is 15.5. The van der Waals surface area contributed by atoms with Gasteiger partial charge in [0.2, 0.25) is 0 Å². The molecule has 1 rings (SSSR count). The van der Waals surface area contributed by atoms with E-state index in [-0.39, 0.29) is 11.3 Å². The van der Waals surface area contributed by atoms with E-state index in [0.717, 1.165) is 12.1 Å². The molecule has 0 heterocycles. The molecular formula is C13H15F3O3. The minimum Gasteiger partial charge on any atom is -0.406 e. The summed E-state index contributed by atoms with van der Waals surface area (Å²) in [7, 11) is 1.39. The Morgan fingerprint density at radius 1 is 1.32 bits per heavy atom. The smallest absolute Gasteiger partial charge is 0.406 e. The van der Waals surface area contributed by atoms with Gasteiger partial charge in [0.1, 0.15) is 11.4 Å². The molecule has 0 N–H and O–H groups in total. The largest absolute Gasteiger partial charge is 0.573 e. The second-order valence-corrected chi connectivity index (χ2v) is 4.19. The molecule has 0 fully saturated rings. The Bertz CT molecular complexity index is 451. The van der Waals surface area contributed by atoms with E-state index in [1.165, 1.54) is 19.2 Å². The predicted octanol–water partition coefficient (Wildman–Crippen LogP) is 3.58. The van der Waals surface area contributed by atoms with E-state index < -0.39 is 17.7 Å². The number of methoxy groups -OCH3 is 1. The number of carbonyl (C=O) groups is 1. The van der Waals surface area contributed by atoms with E-state index in [9.17, 15) is 18.0 Å². The Kier molecular flexibility index (Phi) is 4.57. The van der Waals surface area contributed by atoms with Crippen LogP contribution in [-0.2, 0) is 4.74 Å². The van der Waals surface area contributed by atoms with Gasteiger partial charge >= 0.3 is 6.36 Å². The van der Waals surface area contributed by atoms with Crippen molar-refractivity contribution in [1.82, 2.24) is 0 Å². The highest BCUT2D eigenvalue weighted by atomic mass is 19.4. The number of hydrogen-bond donors (Lipinski definition) is 0. The molecule has 0 saturated heterocycles. The van der Waals surface area contributed by atoms with Crippen molar-refractivity contribution in [2.45, 2.75) is 32.2 Å². The highest BCUT2D eigenvalue weighted by Gasteiger charge is 2.34. The third kappa shape index (κ3) is 3.96. The molecule has 1 aromatic carbocycles. The van der Waals surface area contributed by atoms with Gasteiger partial charge in [0.05, 0.1) is 0 Å². The maximum atomic E-state index is 12.2. The summed E-state index contributed by atoms with van der Waals surface area (Å²) in [4.78, 5) is 12.2. The van der Waals surface area contributed by atoms with Crippen molar-refractivity contribution in [2.24, 2.45) is 0 Å². The van der Waals surface area contributed by atoms with Gasteiger partial charge < -0.3 is 9.47 Å². The monoisotopic (exact) mass is 276 g/mol. The van der Waals surface area contributed by atoms with Crippen LogP contribution in [0.4, 0.5) is 13.2 Å². The number of benzene rings is 1. The van der Waals surface area contributed by atoms with Crippen LogP contribution < -0.4 is 4.74 Å². The molecule has 19 heavy (non-hydrogen) atoms. The number of ether oxygens (including phenoxy) is 2. The molecule has 0 amide bonds. The second kappa shape index (κ2) is 5.61. The van der Waals surface area contributed by atoms with Crippen LogP contribution in [0.1, 0.15) is 30.6 Å². The Balaban J connectivity index is 3.03. The molecule has 3 nitrogen and oxygen atoms in total. The molecule has 0 aliphatic rings. The van der Waals surface area contributed by atoms with E-state index in [4.69, 9.17) is 4.74 Å². The highest BCUT2D eigenvalue weighted by Crippen LogP contribution is 2.26. The average molecular weight is 276 g/mol. The van der Waals surface area contributed by atoms with E-state index in [0.29, 0.717) is 6.42 Å². The molecule has 6 heteroatoms. The van der Waals surface area contributed by atoms with Crippen molar-refractivity contribution in [1.29, 1.82) is 0 Å². The number of ketones is 1. The van der Waals surface area contributed by atoms with Gasteiger partial charge in [0, 0.05) is 12.7 Å². The lowest BCUT2D eigenvalue weighted by Crippen LogP contribution is -2.36. The van der Waals surface area contributed by atoms with Crippen molar-refractivity contribution in [3.8, 4) is 5.75 Å². The van der Waals surface area contributed by atoms with Crippen LogP contribution in [0.25, 0.3) is 0 Å². The van der Waals surface area contributed by atoms with Crippen molar-refractivity contribution in [3.05, 3.63) is 29.8 Å². The van der Waals surface area contributed by atoms with Crippen molar-refractivity contribution in [2.75, 3.05) is 7.11 Å². The van der Waals surface area contributed by atoms with Crippen LogP contribution in [-0.4, -0.2) is 24.9 Å². The zero-order valence-electron chi connectivity index (χ0n) is 10.9. The fourth-order valence-electron chi connectivity index (χ4n) is 1.54. The van der Waals surface area contributed by atoms with E-state index >= 15 is 0 Å². The van der Waals surface area contributed by atoms with Gasteiger partial charge in [-0.25, -0.2) is 0 Å². The van der Waals surface area contributed by atoms with Gasteiger partial charge in [0.25, 0.3) is 0 Å². The van der Waals surface area contributed by atoms with Crippen LogP contribution in [0.5, 0.6) is 5.75 Å². The molecule has 0 spiro atoms. The Morgan fingerprint density at radius 2 is 1.95 bits per heavy atom. The Hall–Kier alpha value is -1.56. The summed E-state index contributed by atoms with van der Waals surface area (Å²) < 4.78 is 45.2. The van der Waals surface area contributed by atoms with Crippen LogP contribution in [0.15, 0.2) is 24.3 Å². The summed E-state index contributed by atoms with van der Waals surface area (Å²) in [6.07, 6.45) is -4.37. The fourth-order valence-corrected chi connectivity index (χ4v) is 1.54. The number of rotatable bonds is 5. The average Bonchev–Trinajstić information content (AvgIpc) is 2.35. The number of alkyl halides is 3. The number of hydrogen-bond acceptors (Lipinski definition) is 3. The zero-order valence-corrected chi connectivity index (χ0v) is 10.9. The third-order valence-corrected chi connectivity index (χ3v) is 2.94. The maximum Gasteiger partial charge on any atom is 0.573 e. The lowest BCUT2D eigenvalue weighted by atomic mass is 9.92. The second-order valence-electron chi connectivity index (χ2n) is 4.19. The normalized spacial score (nSPS) is 14.8. The molecule has 0 aliphatic heterocycles. The van der Waals surface area contributed by atoms with Crippen LogP contribution in [0, 0.1) is 0 Å². The Labute approximate surface area is 109 Å². The first-order valence-electron chi connectivity index (χ1n) is 5.67. The minimum absolute atomic E-state index is 0.118. The molecule has 0 radical (unpaired) electrons. The summed E-state index contributed by atoms with van der Waals surface area (Å²) in [5.74, 6) is -0.807. The lowest BCUT2D eigenvalue weighted by molar-refractivity contribution is -0.274. The molecule has 1 unspecified atom stereocenters. The Morgan fingerprint density at radius 3 is 2.42 bits per heavy atom. The molecule has 1 atom stereocenters. The SMILES string of the molecule is CCC(C)(OC)C(=O)c1cccc(OC(F)(F)F)c1. The van der Waals surface area contributed by atoms with Gasteiger partial charge in [0.15, 0.2) is 5.78 Å². The summed E-state index contributed by atoms with van der Waals surface area (Å²) in [5, 5.41) is 0. The quantitative estimate of drug-likeness (QED) is 0.771. The molecule has 0 saturated carbocycles. The van der Waals surface area contributed by atoms with Gasteiger partial charge in [-0.05, 0) is 25.5 Å². The summed E-state index contributed by atoms with van der Waals surface area (Å²) in [5.41, 5.74) is -0.940. The van der Waals surface area contributed by atoms with Crippen molar-refractivity contribution < 1.29 is 27.4 Å². The molecule has 0 aliphatic carbocycles. The van der Waals surface area contributed by atoms with E-state index in [2.05, 4.69) is 4.74 Å². The molecule has 1 aromatic rings. The fraction of sp³-hybridized carbons (Fsp3) is 0.462. The van der Waals surface area contributed by atoms with Crippen LogP contribution in [0.3, 0.4) is 0 Å². The maximum absolute atomic E-state index is 12.2. The lowest BCUT2D eigenvalue weighted by Gasteiger charge is -2.25. The van der Waals surface area contributed by atoms with Crippen LogP contribution in [0.2, 0.25) is 0 Å². The highest BCUT2D eigenvalue weighted by molar-refractivity contribution is 6.02. The number of carbonyl (C=O) groups excluding carboxylic acids is 1. The first-order valence-corrected chi connectivity index (χ1v) is 5.67. The van der Waals surface area contributed by atoms with Crippen molar-refractivity contribution >= 4 is 5.78 Å². The molecule has 0 aromatic heterocycles. The van der Waals surface area contributed by atoms with E-state index in [1.54, 1.807) is 13.8 Å². The van der Waals surface area contributed by atoms with Crippen LogP contribution >= 0.6 is 0 Å². The zero-order chi connectivity index (χ0) is 14.7. The number of Topliss-reactive ketones (excluding diaryl/α,β-unsaturated/α-hetero) is 1. The standard InChI is InChI=1S/C13H15F3O3/c1-4-12(2,18-3)11(17)9-6-5-7-10(8-9)19-13(14,15)16/h5-8H,4H2,1-3H3. The van der Waals surface area contributed by atoms with Gasteiger partial charge in [-0.1, -0.05) is 19.1 Å². The van der Waals surface area contributed by atoms with Gasteiger partial charge in [-0.15, -0.1) is 13.2 Å². The van der Waals surface area contributed by atoms with E-state index in [1.807, 2.05) is 0 Å². The molecular weight excluding hydrogens is 261 g/mol. The first-order chi connectivity index (χ1) is 8.72. The van der Waals surface area contributed by atoms with Crippen molar-refractivity contribution in [3.63, 3.8) is 0 Å².